The van der Waals surface area contributed by atoms with E-state index in [1.807, 2.05) is 18.2 Å². The summed E-state index contributed by atoms with van der Waals surface area (Å²) in [5.41, 5.74) is 1.67. The van der Waals surface area contributed by atoms with Crippen LogP contribution in [0.25, 0.3) is 0 Å². The maximum absolute atomic E-state index is 12.5. The van der Waals surface area contributed by atoms with E-state index in [0.717, 1.165) is 18.5 Å². The Hall–Kier alpha value is -2.40. The van der Waals surface area contributed by atoms with Crippen LogP contribution < -0.4 is 5.56 Å². The number of aryl methyl sites for hydroxylation is 1. The van der Waals surface area contributed by atoms with Crippen molar-refractivity contribution in [2.75, 3.05) is 13.1 Å². The maximum atomic E-state index is 12.5. The van der Waals surface area contributed by atoms with Crippen molar-refractivity contribution in [1.82, 2.24) is 9.88 Å². The molecule has 0 bridgehead atoms. The molecule has 0 aliphatic carbocycles. The second-order valence-corrected chi connectivity index (χ2v) is 6.44. The molecule has 126 valence electrons. The fourth-order valence-corrected chi connectivity index (χ4v) is 3.23. The molecule has 1 aromatic heterocycles. The topological polar surface area (TPSA) is 73.4 Å². The molecule has 0 spiro atoms. The minimum Gasteiger partial charge on any atom is -0.391 e. The number of aliphatic hydroxyl groups excluding tert-OH is 1. The number of carbonyl (C=O) groups is 1. The predicted molar refractivity (Wildman–Crippen MR) is 92.0 cm³/mol. The van der Waals surface area contributed by atoms with Gasteiger partial charge >= 0.3 is 0 Å². The number of likely N-dealkylation sites (tertiary alicyclic amines) is 1. The molecular formula is C19H22N2O3. The quantitative estimate of drug-likeness (QED) is 0.902. The molecule has 1 aliphatic heterocycles. The summed E-state index contributed by atoms with van der Waals surface area (Å²) in [6.07, 6.45) is 0.952. The molecule has 0 radical (unpaired) electrons. The number of aromatic nitrogens is 1. The van der Waals surface area contributed by atoms with Gasteiger partial charge in [-0.15, -0.1) is 0 Å². The van der Waals surface area contributed by atoms with E-state index in [1.165, 1.54) is 5.56 Å². The minimum atomic E-state index is -0.576. The van der Waals surface area contributed by atoms with Gasteiger partial charge in [0.05, 0.1) is 6.10 Å². The van der Waals surface area contributed by atoms with Crippen molar-refractivity contribution in [2.24, 2.45) is 5.92 Å². The molecule has 2 atom stereocenters. The fraction of sp³-hybridized carbons (Fsp3) is 0.368. The summed E-state index contributed by atoms with van der Waals surface area (Å²) in [4.78, 5) is 28.7. The molecule has 2 heterocycles. The Kier molecular flexibility index (Phi) is 4.81. The highest BCUT2D eigenvalue weighted by atomic mass is 16.3. The van der Waals surface area contributed by atoms with Crippen molar-refractivity contribution in [1.29, 1.82) is 0 Å². The van der Waals surface area contributed by atoms with E-state index in [1.54, 1.807) is 24.0 Å². The predicted octanol–water partition coefficient (Wildman–Crippen LogP) is 1.75. The molecule has 1 aliphatic rings. The van der Waals surface area contributed by atoms with Crippen molar-refractivity contribution >= 4 is 5.91 Å². The third kappa shape index (κ3) is 3.57. The van der Waals surface area contributed by atoms with Crippen LogP contribution in [0.15, 0.2) is 47.3 Å². The second kappa shape index (κ2) is 7.01. The van der Waals surface area contributed by atoms with Gasteiger partial charge in [-0.3, -0.25) is 9.59 Å². The lowest BCUT2D eigenvalue weighted by Gasteiger charge is -2.36. The number of aromatic amines is 1. The summed E-state index contributed by atoms with van der Waals surface area (Å²) in [5.74, 6) is -0.179. The number of carbonyl (C=O) groups excluding carboxylic acids is 1. The Morgan fingerprint density at radius 1 is 1.25 bits per heavy atom. The molecule has 3 rings (SSSR count). The molecule has 5 heteroatoms. The Balaban J connectivity index is 1.66. The average molecular weight is 326 g/mol. The Morgan fingerprint density at radius 3 is 2.67 bits per heavy atom. The first-order valence-corrected chi connectivity index (χ1v) is 8.26. The van der Waals surface area contributed by atoms with E-state index >= 15 is 0 Å². The summed E-state index contributed by atoms with van der Waals surface area (Å²) >= 11 is 0. The van der Waals surface area contributed by atoms with Crippen LogP contribution in [-0.4, -0.2) is 40.1 Å². The van der Waals surface area contributed by atoms with Gasteiger partial charge in [-0.1, -0.05) is 30.3 Å². The molecular weight excluding hydrogens is 304 g/mol. The lowest BCUT2D eigenvalue weighted by atomic mass is 9.87. The first kappa shape index (κ1) is 16.5. The third-order valence-corrected chi connectivity index (χ3v) is 4.64. The first-order chi connectivity index (χ1) is 11.5. The number of benzene rings is 1. The number of pyridine rings is 1. The number of nitrogens with zero attached hydrogens (tertiary/aromatic N) is 1. The van der Waals surface area contributed by atoms with Gasteiger partial charge in [0.1, 0.15) is 5.56 Å². The zero-order chi connectivity index (χ0) is 17.1. The van der Waals surface area contributed by atoms with E-state index in [4.69, 9.17) is 0 Å². The van der Waals surface area contributed by atoms with Gasteiger partial charge in [0.25, 0.3) is 11.5 Å². The lowest BCUT2D eigenvalue weighted by Crippen LogP contribution is -2.48. The largest absolute Gasteiger partial charge is 0.391 e. The van der Waals surface area contributed by atoms with Crippen LogP contribution in [0.1, 0.15) is 28.0 Å². The molecule has 1 saturated heterocycles. The van der Waals surface area contributed by atoms with Crippen LogP contribution in [0.2, 0.25) is 0 Å². The highest BCUT2D eigenvalue weighted by molar-refractivity contribution is 5.93. The van der Waals surface area contributed by atoms with Crippen molar-refractivity contribution < 1.29 is 9.90 Å². The van der Waals surface area contributed by atoms with Gasteiger partial charge in [-0.25, -0.2) is 0 Å². The van der Waals surface area contributed by atoms with Crippen LogP contribution in [0.4, 0.5) is 0 Å². The number of hydrogen-bond acceptors (Lipinski definition) is 3. The van der Waals surface area contributed by atoms with Crippen molar-refractivity contribution in [3.05, 3.63) is 69.6 Å². The molecule has 1 aromatic carbocycles. The van der Waals surface area contributed by atoms with E-state index in [2.05, 4.69) is 17.1 Å². The van der Waals surface area contributed by atoms with E-state index in [-0.39, 0.29) is 29.5 Å². The summed E-state index contributed by atoms with van der Waals surface area (Å²) in [5, 5.41) is 10.4. The van der Waals surface area contributed by atoms with Crippen LogP contribution >= 0.6 is 0 Å². The van der Waals surface area contributed by atoms with Crippen LogP contribution in [0.3, 0.4) is 0 Å². The molecule has 24 heavy (non-hydrogen) atoms. The lowest BCUT2D eigenvalue weighted by molar-refractivity contribution is 0.0197. The first-order valence-electron chi connectivity index (χ1n) is 8.26. The number of piperidine rings is 1. The third-order valence-electron chi connectivity index (χ3n) is 4.64. The number of H-pyrrole nitrogens is 1. The van der Waals surface area contributed by atoms with Crippen molar-refractivity contribution in [3.8, 4) is 0 Å². The van der Waals surface area contributed by atoms with Gasteiger partial charge in [-0.2, -0.15) is 0 Å². The summed E-state index contributed by atoms with van der Waals surface area (Å²) in [6.45, 7) is 2.60. The van der Waals surface area contributed by atoms with Crippen LogP contribution in [0, 0.1) is 12.8 Å². The minimum absolute atomic E-state index is 0.132. The van der Waals surface area contributed by atoms with Gasteiger partial charge in [0, 0.05) is 18.8 Å². The molecule has 1 amide bonds. The molecule has 0 unspecified atom stereocenters. The highest BCUT2D eigenvalue weighted by Crippen LogP contribution is 2.23. The fourth-order valence-electron chi connectivity index (χ4n) is 3.23. The molecule has 2 aromatic rings. The zero-order valence-corrected chi connectivity index (χ0v) is 13.7. The van der Waals surface area contributed by atoms with E-state index in [9.17, 15) is 14.7 Å². The number of rotatable bonds is 3. The van der Waals surface area contributed by atoms with Gasteiger partial charge in [-0.05, 0) is 43.4 Å². The maximum Gasteiger partial charge on any atom is 0.260 e. The normalized spacial score (nSPS) is 20.8. The number of nitrogens with one attached hydrogen (secondary N) is 1. The van der Waals surface area contributed by atoms with Crippen molar-refractivity contribution in [2.45, 2.75) is 25.9 Å². The van der Waals surface area contributed by atoms with E-state index in [0.29, 0.717) is 6.54 Å². The average Bonchev–Trinajstić information content (AvgIpc) is 2.57. The van der Waals surface area contributed by atoms with Gasteiger partial charge in [0.2, 0.25) is 0 Å². The Bertz CT molecular complexity index is 770. The number of hydrogen-bond donors (Lipinski definition) is 2. The summed E-state index contributed by atoms with van der Waals surface area (Å²) in [6, 6.07) is 13.3. The highest BCUT2D eigenvalue weighted by Gasteiger charge is 2.31. The number of aliphatic hydroxyl groups is 1. The summed E-state index contributed by atoms with van der Waals surface area (Å²) < 4.78 is 0. The zero-order valence-electron chi connectivity index (χ0n) is 13.7. The molecule has 5 nitrogen and oxygen atoms in total. The van der Waals surface area contributed by atoms with Gasteiger partial charge in [0.15, 0.2) is 0 Å². The second-order valence-electron chi connectivity index (χ2n) is 6.44. The van der Waals surface area contributed by atoms with E-state index < -0.39 is 6.10 Å². The Morgan fingerprint density at radius 2 is 2.00 bits per heavy atom. The SMILES string of the molecule is Cc1ccc(C(=O)N2CC[C@H](Cc3ccccc3)[C@H](O)C2)c(=O)[nH]1. The van der Waals surface area contributed by atoms with Crippen molar-refractivity contribution in [3.63, 3.8) is 0 Å². The monoisotopic (exact) mass is 326 g/mol. The van der Waals surface area contributed by atoms with Gasteiger partial charge < -0.3 is 15.0 Å². The Labute approximate surface area is 140 Å². The number of amides is 1. The summed E-state index contributed by atoms with van der Waals surface area (Å²) in [7, 11) is 0. The molecule has 2 N–H and O–H groups in total. The standard InChI is InChI=1S/C19H22N2O3/c1-13-7-8-16(18(23)20-13)19(24)21-10-9-15(17(22)12-21)11-14-5-3-2-4-6-14/h2-8,15,17,22H,9-12H2,1H3,(H,20,23)/t15-,17-/m1/s1. The van der Waals surface area contributed by atoms with Crippen LogP contribution in [-0.2, 0) is 6.42 Å². The molecule has 0 saturated carbocycles. The smallest absolute Gasteiger partial charge is 0.260 e. The number of β-amino-alcohol motifs (C(OH)–C–C–N with tert-alkyl or cyclic N) is 1. The molecule has 1 fully saturated rings. The van der Waals surface area contributed by atoms with Crippen LogP contribution in [0.5, 0.6) is 0 Å².